The van der Waals surface area contributed by atoms with E-state index in [0.717, 1.165) is 5.56 Å². The van der Waals surface area contributed by atoms with E-state index in [1.165, 1.54) is 12.1 Å². The van der Waals surface area contributed by atoms with Crippen molar-refractivity contribution in [3.05, 3.63) is 65.6 Å². The highest BCUT2D eigenvalue weighted by atomic mass is 19.1. The average Bonchev–Trinajstić information content (AvgIpc) is 2.55. The second-order valence-corrected chi connectivity index (χ2v) is 5.08. The van der Waals surface area contributed by atoms with Gasteiger partial charge in [-0.15, -0.1) is 0 Å². The summed E-state index contributed by atoms with van der Waals surface area (Å²) in [6, 6.07) is 13.4. The van der Waals surface area contributed by atoms with Crippen molar-refractivity contribution in [2.45, 2.75) is 6.42 Å². The van der Waals surface area contributed by atoms with Crippen LogP contribution in [0.5, 0.6) is 0 Å². The monoisotopic (exact) mass is 310 g/mol. The van der Waals surface area contributed by atoms with Crippen molar-refractivity contribution in [1.82, 2.24) is 15.3 Å². The highest BCUT2D eigenvalue weighted by Crippen LogP contribution is 2.16. The number of carbonyl (C=O) groups is 1. The highest BCUT2D eigenvalue weighted by Gasteiger charge is 2.13. The van der Waals surface area contributed by atoms with E-state index in [1.54, 1.807) is 24.3 Å². The number of rotatable bonds is 4. The molecule has 2 aromatic carbocycles. The minimum Gasteiger partial charge on any atom is -0.368 e. The first-order valence-electron chi connectivity index (χ1n) is 7.18. The minimum absolute atomic E-state index is 0.0624. The molecular weight excluding hydrogens is 295 g/mol. The van der Waals surface area contributed by atoms with E-state index >= 15 is 0 Å². The van der Waals surface area contributed by atoms with Gasteiger partial charge in [-0.2, -0.15) is 0 Å². The van der Waals surface area contributed by atoms with Crippen molar-refractivity contribution in [2.24, 2.45) is 0 Å². The van der Waals surface area contributed by atoms with Crippen molar-refractivity contribution < 1.29 is 9.18 Å². The summed E-state index contributed by atoms with van der Waals surface area (Å²) in [4.78, 5) is 20.5. The smallest absolute Gasteiger partial charge is 0.270 e. The molecule has 0 saturated carbocycles. The van der Waals surface area contributed by atoms with Gasteiger partial charge >= 0.3 is 0 Å². The molecule has 0 saturated heterocycles. The zero-order valence-electron chi connectivity index (χ0n) is 12.3. The van der Waals surface area contributed by atoms with Gasteiger partial charge in [0.25, 0.3) is 5.91 Å². The van der Waals surface area contributed by atoms with Gasteiger partial charge in [0.2, 0.25) is 5.95 Å². The van der Waals surface area contributed by atoms with Crippen LogP contribution in [0.15, 0.2) is 48.5 Å². The Balaban J connectivity index is 1.72. The number of anilines is 1. The molecule has 0 fully saturated rings. The van der Waals surface area contributed by atoms with Gasteiger partial charge in [-0.05, 0) is 30.2 Å². The summed E-state index contributed by atoms with van der Waals surface area (Å²) in [5, 5.41) is 3.46. The molecule has 0 aliphatic carbocycles. The van der Waals surface area contributed by atoms with E-state index in [2.05, 4.69) is 15.3 Å². The number of fused-ring (bicyclic) bond motifs is 1. The number of nitrogens with two attached hydrogens (primary N) is 1. The Labute approximate surface area is 132 Å². The molecule has 0 aliphatic heterocycles. The maximum absolute atomic E-state index is 12.8. The third-order valence-electron chi connectivity index (χ3n) is 3.45. The molecule has 23 heavy (non-hydrogen) atoms. The van der Waals surface area contributed by atoms with Gasteiger partial charge in [-0.25, -0.2) is 14.4 Å². The molecule has 0 spiro atoms. The molecule has 1 amide bonds. The van der Waals surface area contributed by atoms with Gasteiger partial charge in [-0.3, -0.25) is 4.79 Å². The summed E-state index contributed by atoms with van der Waals surface area (Å²) >= 11 is 0. The second-order valence-electron chi connectivity index (χ2n) is 5.08. The second kappa shape index (κ2) is 6.39. The first kappa shape index (κ1) is 14.9. The molecule has 3 aromatic rings. The fraction of sp³-hybridized carbons (Fsp3) is 0.118. The van der Waals surface area contributed by atoms with Crippen LogP contribution in [0.3, 0.4) is 0 Å². The Morgan fingerprint density at radius 2 is 1.83 bits per heavy atom. The summed E-state index contributed by atoms with van der Waals surface area (Å²) in [6.07, 6.45) is 0.602. The fourth-order valence-electron chi connectivity index (χ4n) is 2.32. The number of carbonyl (C=O) groups excluding carboxylic acids is 1. The number of halogens is 1. The molecular formula is C17H15FN4O. The molecule has 3 rings (SSSR count). The van der Waals surface area contributed by atoms with Gasteiger partial charge in [0, 0.05) is 11.9 Å². The SMILES string of the molecule is Nc1nc(C(=O)NCCc2ccc(F)cc2)c2ccccc2n1. The number of nitrogens with zero attached hydrogens (tertiary/aromatic N) is 2. The molecule has 0 atom stereocenters. The van der Waals surface area contributed by atoms with E-state index in [1.807, 2.05) is 12.1 Å². The predicted molar refractivity (Wildman–Crippen MR) is 86.4 cm³/mol. The molecule has 0 bridgehead atoms. The number of para-hydroxylation sites is 1. The van der Waals surface area contributed by atoms with Gasteiger partial charge in [0.1, 0.15) is 11.5 Å². The Hall–Kier alpha value is -3.02. The van der Waals surface area contributed by atoms with Gasteiger partial charge < -0.3 is 11.1 Å². The Bertz CT molecular complexity index is 849. The zero-order valence-corrected chi connectivity index (χ0v) is 12.3. The zero-order chi connectivity index (χ0) is 16.2. The van der Waals surface area contributed by atoms with Gasteiger partial charge in [0.05, 0.1) is 5.52 Å². The number of hydrogen-bond donors (Lipinski definition) is 2. The van der Waals surface area contributed by atoms with Crippen LogP contribution in [0.25, 0.3) is 10.9 Å². The molecule has 6 heteroatoms. The third-order valence-corrected chi connectivity index (χ3v) is 3.45. The highest BCUT2D eigenvalue weighted by molar-refractivity contribution is 6.04. The summed E-state index contributed by atoms with van der Waals surface area (Å²) in [5.74, 6) is -0.523. The van der Waals surface area contributed by atoms with Crippen LogP contribution < -0.4 is 11.1 Å². The maximum Gasteiger partial charge on any atom is 0.270 e. The first-order chi connectivity index (χ1) is 11.1. The van der Waals surface area contributed by atoms with Crippen molar-refractivity contribution in [1.29, 1.82) is 0 Å². The van der Waals surface area contributed by atoms with Crippen LogP contribution in [0, 0.1) is 5.82 Å². The molecule has 1 aromatic heterocycles. The van der Waals surface area contributed by atoms with E-state index in [4.69, 9.17) is 5.73 Å². The molecule has 1 heterocycles. The van der Waals surface area contributed by atoms with E-state index in [9.17, 15) is 9.18 Å². The largest absolute Gasteiger partial charge is 0.368 e. The number of amides is 1. The topological polar surface area (TPSA) is 80.9 Å². The quantitative estimate of drug-likeness (QED) is 0.775. The number of nitrogen functional groups attached to an aromatic ring is 1. The lowest BCUT2D eigenvalue weighted by atomic mass is 10.1. The molecule has 0 radical (unpaired) electrons. The molecule has 5 nitrogen and oxygen atoms in total. The summed E-state index contributed by atoms with van der Waals surface area (Å²) < 4.78 is 12.8. The number of hydrogen-bond acceptors (Lipinski definition) is 4. The van der Waals surface area contributed by atoms with Crippen molar-refractivity contribution >= 4 is 22.8 Å². The Morgan fingerprint density at radius 1 is 1.09 bits per heavy atom. The van der Waals surface area contributed by atoms with E-state index < -0.39 is 0 Å². The summed E-state index contributed by atoms with van der Waals surface area (Å²) in [7, 11) is 0. The Morgan fingerprint density at radius 3 is 2.61 bits per heavy atom. The fourth-order valence-corrected chi connectivity index (χ4v) is 2.32. The lowest BCUT2D eigenvalue weighted by molar-refractivity contribution is 0.0951. The lowest BCUT2D eigenvalue weighted by Crippen LogP contribution is -2.27. The lowest BCUT2D eigenvalue weighted by Gasteiger charge is -2.08. The number of aromatic nitrogens is 2. The normalized spacial score (nSPS) is 10.7. The van der Waals surface area contributed by atoms with Crippen LogP contribution in [-0.2, 0) is 6.42 Å². The van der Waals surface area contributed by atoms with Crippen LogP contribution >= 0.6 is 0 Å². The molecule has 0 unspecified atom stereocenters. The number of nitrogens with one attached hydrogen (secondary N) is 1. The molecule has 116 valence electrons. The third kappa shape index (κ3) is 3.42. The average molecular weight is 310 g/mol. The van der Waals surface area contributed by atoms with E-state index in [-0.39, 0.29) is 23.4 Å². The standard InChI is InChI=1S/C17H15FN4O/c18-12-7-5-11(6-8-12)9-10-20-16(23)15-13-3-1-2-4-14(13)21-17(19)22-15/h1-8H,9-10H2,(H,20,23)(H2,19,21,22). The summed E-state index contributed by atoms with van der Waals surface area (Å²) in [6.45, 7) is 0.419. The number of benzene rings is 2. The van der Waals surface area contributed by atoms with Crippen molar-refractivity contribution in [3.8, 4) is 0 Å². The summed E-state index contributed by atoms with van der Waals surface area (Å²) in [5.41, 5.74) is 7.49. The Kier molecular flexibility index (Phi) is 4.14. The molecule has 0 aliphatic rings. The van der Waals surface area contributed by atoms with Crippen LogP contribution in [-0.4, -0.2) is 22.4 Å². The van der Waals surface area contributed by atoms with Crippen molar-refractivity contribution in [3.63, 3.8) is 0 Å². The van der Waals surface area contributed by atoms with Crippen LogP contribution in [0.4, 0.5) is 10.3 Å². The van der Waals surface area contributed by atoms with E-state index in [0.29, 0.717) is 23.9 Å². The first-order valence-corrected chi connectivity index (χ1v) is 7.18. The maximum atomic E-state index is 12.8. The van der Waals surface area contributed by atoms with Gasteiger partial charge in [-0.1, -0.05) is 30.3 Å². The molecule has 3 N–H and O–H groups in total. The minimum atomic E-state index is -0.308. The van der Waals surface area contributed by atoms with Gasteiger partial charge in [0.15, 0.2) is 0 Å². The van der Waals surface area contributed by atoms with Crippen LogP contribution in [0.2, 0.25) is 0 Å². The van der Waals surface area contributed by atoms with Crippen molar-refractivity contribution in [2.75, 3.05) is 12.3 Å². The predicted octanol–water partition coefficient (Wildman–Crippen LogP) is 2.32. The van der Waals surface area contributed by atoms with Crippen LogP contribution in [0.1, 0.15) is 16.1 Å².